The monoisotopic (exact) mass is 214 g/mol. The maximum Gasteiger partial charge on any atom is 0.331 e. The largest absolute Gasteiger partial charge is 0.390 e. The first-order chi connectivity index (χ1) is 6.65. The lowest BCUT2D eigenvalue weighted by atomic mass is 10.3. The maximum atomic E-state index is 11.3. The zero-order valence-corrected chi connectivity index (χ0v) is 8.39. The molecule has 0 aliphatic heterocycles. The number of hydrogen-bond donors (Lipinski definition) is 2. The Hall–Kier alpha value is -1.56. The molecule has 5 nitrogen and oxygen atoms in total. The molecule has 0 unspecified atom stereocenters. The van der Waals surface area contributed by atoms with E-state index in [9.17, 15) is 9.59 Å². The van der Waals surface area contributed by atoms with E-state index >= 15 is 0 Å². The fourth-order valence-electron chi connectivity index (χ4n) is 0.739. The molecule has 0 bridgehead atoms. The van der Waals surface area contributed by atoms with Crippen molar-refractivity contribution in [2.24, 2.45) is 0 Å². The molecule has 3 N–H and O–H groups in total. The summed E-state index contributed by atoms with van der Waals surface area (Å²) in [4.78, 5) is 26.4. The fourth-order valence-corrected chi connectivity index (χ4v) is 1.38. The fraction of sp³-hybridized carbons (Fsp3) is 0.250. The highest BCUT2D eigenvalue weighted by Gasteiger charge is 2.11. The van der Waals surface area contributed by atoms with E-state index < -0.39 is 11.9 Å². The van der Waals surface area contributed by atoms with Crippen LogP contribution in [-0.2, 0) is 9.63 Å². The maximum absolute atomic E-state index is 11.3. The summed E-state index contributed by atoms with van der Waals surface area (Å²) in [6.07, 6.45) is 0.208. The molecule has 6 heteroatoms. The van der Waals surface area contributed by atoms with E-state index in [0.717, 1.165) is 0 Å². The lowest BCUT2D eigenvalue weighted by Gasteiger charge is -2.03. The predicted octanol–water partition coefficient (Wildman–Crippen LogP) is 0.928. The van der Waals surface area contributed by atoms with Crippen molar-refractivity contribution in [3.05, 3.63) is 17.0 Å². The molecule has 0 saturated heterocycles. The molecule has 0 aliphatic carbocycles. The van der Waals surface area contributed by atoms with Gasteiger partial charge >= 0.3 is 5.97 Å². The number of nitrogen functional groups attached to an aromatic ring is 1. The number of thiophene rings is 1. The van der Waals surface area contributed by atoms with Crippen LogP contribution >= 0.6 is 11.3 Å². The normalized spacial score (nSPS) is 9.50. The molecule has 0 fully saturated rings. The number of nitrogens with one attached hydrogen (secondary N) is 1. The number of nitrogens with two attached hydrogens (primary N) is 1. The van der Waals surface area contributed by atoms with Gasteiger partial charge in [0.1, 0.15) is 0 Å². The van der Waals surface area contributed by atoms with Gasteiger partial charge in [-0.2, -0.15) is 5.48 Å². The van der Waals surface area contributed by atoms with Crippen molar-refractivity contribution < 1.29 is 14.4 Å². The molecule has 0 aromatic carbocycles. The van der Waals surface area contributed by atoms with Crippen LogP contribution in [0.5, 0.6) is 0 Å². The van der Waals surface area contributed by atoms with Crippen molar-refractivity contribution in [1.82, 2.24) is 5.48 Å². The summed E-state index contributed by atoms with van der Waals surface area (Å²) in [6, 6.07) is 1.56. The van der Waals surface area contributed by atoms with Gasteiger partial charge in [-0.05, 0) is 11.4 Å². The van der Waals surface area contributed by atoms with Gasteiger partial charge in [0.2, 0.25) is 0 Å². The second kappa shape index (κ2) is 4.61. The van der Waals surface area contributed by atoms with Crippen molar-refractivity contribution in [2.45, 2.75) is 13.3 Å². The number of carbonyl (C=O) groups excluding carboxylic acids is 2. The summed E-state index contributed by atoms with van der Waals surface area (Å²) in [5.74, 6) is -1.00. The van der Waals surface area contributed by atoms with Crippen molar-refractivity contribution >= 4 is 28.2 Å². The smallest absolute Gasteiger partial charge is 0.331 e. The van der Waals surface area contributed by atoms with Crippen LogP contribution in [0.25, 0.3) is 0 Å². The molecule has 0 radical (unpaired) electrons. The average molecular weight is 214 g/mol. The molecular formula is C8H10N2O3S. The molecule has 76 valence electrons. The van der Waals surface area contributed by atoms with E-state index in [-0.39, 0.29) is 6.42 Å². The highest BCUT2D eigenvalue weighted by Crippen LogP contribution is 2.18. The van der Waals surface area contributed by atoms with E-state index in [0.29, 0.717) is 10.6 Å². The molecule has 14 heavy (non-hydrogen) atoms. The van der Waals surface area contributed by atoms with Gasteiger partial charge in [0.15, 0.2) is 0 Å². The summed E-state index contributed by atoms with van der Waals surface area (Å²) in [5, 5.41) is 2.08. The highest BCUT2D eigenvalue weighted by molar-refractivity contribution is 7.14. The zero-order valence-electron chi connectivity index (χ0n) is 7.57. The minimum absolute atomic E-state index is 0.208. The van der Waals surface area contributed by atoms with Crippen LogP contribution in [0.15, 0.2) is 11.4 Å². The number of amides is 1. The molecule has 1 amide bonds. The number of carbonyl (C=O) groups is 2. The molecule has 1 rings (SSSR count). The van der Waals surface area contributed by atoms with Crippen molar-refractivity contribution in [3.8, 4) is 0 Å². The number of rotatable bonds is 2. The predicted molar refractivity (Wildman–Crippen MR) is 52.6 cm³/mol. The number of hydroxylamine groups is 1. The van der Waals surface area contributed by atoms with Crippen LogP contribution in [0.1, 0.15) is 23.7 Å². The summed E-state index contributed by atoms with van der Waals surface area (Å²) in [6.45, 7) is 1.63. The van der Waals surface area contributed by atoms with Crippen LogP contribution < -0.4 is 11.2 Å². The second-order valence-electron chi connectivity index (χ2n) is 2.46. The Morgan fingerprint density at radius 1 is 1.64 bits per heavy atom. The molecule has 1 aromatic rings. The number of hydrogen-bond acceptors (Lipinski definition) is 5. The van der Waals surface area contributed by atoms with Gasteiger partial charge in [-0.1, -0.05) is 6.92 Å². The highest BCUT2D eigenvalue weighted by atomic mass is 32.1. The van der Waals surface area contributed by atoms with E-state index in [4.69, 9.17) is 5.73 Å². The lowest BCUT2D eigenvalue weighted by molar-refractivity contribution is -0.148. The quantitative estimate of drug-likeness (QED) is 0.717. The Balaban J connectivity index is 2.52. The van der Waals surface area contributed by atoms with Crippen LogP contribution in [0, 0.1) is 0 Å². The van der Waals surface area contributed by atoms with Gasteiger partial charge < -0.3 is 10.6 Å². The lowest BCUT2D eigenvalue weighted by Crippen LogP contribution is -2.26. The molecule has 0 saturated carbocycles. The van der Waals surface area contributed by atoms with Crippen LogP contribution in [0.4, 0.5) is 5.00 Å². The third-order valence-corrected chi connectivity index (χ3v) is 2.23. The van der Waals surface area contributed by atoms with E-state index in [2.05, 4.69) is 4.84 Å². The first kappa shape index (κ1) is 10.5. The van der Waals surface area contributed by atoms with Gasteiger partial charge in [-0.25, -0.2) is 4.79 Å². The summed E-state index contributed by atoms with van der Waals surface area (Å²) in [5.41, 5.74) is 7.83. The SMILES string of the molecule is CCC(=O)ONC(=O)c1ccsc1N. The van der Waals surface area contributed by atoms with Gasteiger partial charge in [0.05, 0.1) is 10.6 Å². The summed E-state index contributed by atoms with van der Waals surface area (Å²) in [7, 11) is 0. The topological polar surface area (TPSA) is 81.4 Å². The Kier molecular flexibility index (Phi) is 3.47. The molecule has 1 aromatic heterocycles. The van der Waals surface area contributed by atoms with Crippen LogP contribution in [-0.4, -0.2) is 11.9 Å². The average Bonchev–Trinajstić information content (AvgIpc) is 2.60. The second-order valence-corrected chi connectivity index (χ2v) is 3.41. The summed E-state index contributed by atoms with van der Waals surface area (Å²) < 4.78 is 0. The standard InChI is InChI=1S/C8H10N2O3S/c1-2-6(11)13-10-8(12)5-3-4-14-7(5)9/h3-4H,2,9H2,1H3,(H,10,12). The van der Waals surface area contributed by atoms with E-state index in [1.165, 1.54) is 11.3 Å². The molecule has 0 atom stereocenters. The van der Waals surface area contributed by atoms with Crippen molar-refractivity contribution in [3.63, 3.8) is 0 Å². The van der Waals surface area contributed by atoms with E-state index in [1.807, 2.05) is 5.48 Å². The third-order valence-electron chi connectivity index (χ3n) is 1.49. The Bertz CT molecular complexity index is 348. The van der Waals surface area contributed by atoms with E-state index in [1.54, 1.807) is 18.4 Å². The van der Waals surface area contributed by atoms with Gasteiger partial charge in [-0.3, -0.25) is 4.79 Å². The first-order valence-electron chi connectivity index (χ1n) is 3.98. The minimum atomic E-state index is -0.509. The Morgan fingerprint density at radius 2 is 2.36 bits per heavy atom. The zero-order chi connectivity index (χ0) is 10.6. The van der Waals surface area contributed by atoms with Gasteiger partial charge in [0, 0.05) is 6.42 Å². The first-order valence-corrected chi connectivity index (χ1v) is 4.86. The number of anilines is 1. The molecule has 1 heterocycles. The third kappa shape index (κ3) is 2.46. The molecule has 0 aliphatic rings. The van der Waals surface area contributed by atoms with Gasteiger partial charge in [0.25, 0.3) is 5.91 Å². The van der Waals surface area contributed by atoms with Crippen molar-refractivity contribution in [2.75, 3.05) is 5.73 Å². The molecular weight excluding hydrogens is 204 g/mol. The Labute approximate surface area is 84.8 Å². The molecule has 0 spiro atoms. The van der Waals surface area contributed by atoms with Gasteiger partial charge in [-0.15, -0.1) is 11.3 Å². The van der Waals surface area contributed by atoms with Crippen LogP contribution in [0.2, 0.25) is 0 Å². The summed E-state index contributed by atoms with van der Waals surface area (Å²) >= 11 is 1.25. The minimum Gasteiger partial charge on any atom is -0.390 e. The van der Waals surface area contributed by atoms with Crippen molar-refractivity contribution in [1.29, 1.82) is 0 Å². The van der Waals surface area contributed by atoms with Crippen LogP contribution in [0.3, 0.4) is 0 Å². The Morgan fingerprint density at radius 3 is 2.86 bits per heavy atom.